The minimum Gasteiger partial charge on any atom is -0.303 e. The van der Waals surface area contributed by atoms with Gasteiger partial charge in [-0.05, 0) is 45.3 Å². The van der Waals surface area contributed by atoms with Gasteiger partial charge in [-0.25, -0.2) is 0 Å². The van der Waals surface area contributed by atoms with Crippen LogP contribution in [-0.2, 0) is 0 Å². The van der Waals surface area contributed by atoms with E-state index in [1.54, 1.807) is 0 Å². The molecule has 0 spiro atoms. The van der Waals surface area contributed by atoms with Crippen molar-refractivity contribution in [1.29, 1.82) is 0 Å². The van der Waals surface area contributed by atoms with Gasteiger partial charge in [-0.3, -0.25) is 0 Å². The lowest BCUT2D eigenvalue weighted by Gasteiger charge is -2.26. The van der Waals surface area contributed by atoms with Crippen molar-refractivity contribution >= 4 is 15.9 Å². The normalized spacial score (nSPS) is 19.8. The van der Waals surface area contributed by atoms with Crippen molar-refractivity contribution in [3.05, 3.63) is 0 Å². The zero-order chi connectivity index (χ0) is 8.65. The van der Waals surface area contributed by atoms with E-state index >= 15 is 0 Å². The molecule has 0 bridgehead atoms. The molecule has 72 valence electrons. The molecule has 0 N–H and O–H groups in total. The van der Waals surface area contributed by atoms with Gasteiger partial charge in [0.25, 0.3) is 0 Å². The highest BCUT2D eigenvalue weighted by Crippen LogP contribution is 2.09. The Labute approximate surface area is 84.6 Å². The molecule has 1 aliphatic heterocycles. The van der Waals surface area contributed by atoms with E-state index in [-0.39, 0.29) is 0 Å². The molecule has 1 fully saturated rings. The van der Waals surface area contributed by atoms with Gasteiger partial charge in [0.1, 0.15) is 0 Å². The minimum absolute atomic E-state index is 1.17. The SMILES string of the molecule is BrCCCCCN1CCCCC1. The number of piperidine rings is 1. The Kier molecular flexibility index (Phi) is 6.05. The van der Waals surface area contributed by atoms with Crippen molar-refractivity contribution in [2.24, 2.45) is 0 Å². The first-order chi connectivity index (χ1) is 5.93. The van der Waals surface area contributed by atoms with Gasteiger partial charge in [-0.1, -0.05) is 28.8 Å². The van der Waals surface area contributed by atoms with Crippen LogP contribution in [0, 0.1) is 0 Å². The Hall–Kier alpha value is 0.440. The summed E-state index contributed by atoms with van der Waals surface area (Å²) < 4.78 is 0. The maximum absolute atomic E-state index is 3.46. The third-order valence-electron chi connectivity index (χ3n) is 2.56. The largest absolute Gasteiger partial charge is 0.303 e. The zero-order valence-corrected chi connectivity index (χ0v) is 9.48. The Morgan fingerprint density at radius 2 is 1.67 bits per heavy atom. The van der Waals surface area contributed by atoms with E-state index in [4.69, 9.17) is 0 Å². The topological polar surface area (TPSA) is 3.24 Å². The summed E-state index contributed by atoms with van der Waals surface area (Å²) in [5, 5.41) is 1.17. The average molecular weight is 234 g/mol. The Morgan fingerprint density at radius 3 is 2.33 bits per heavy atom. The molecule has 0 saturated carbocycles. The van der Waals surface area contributed by atoms with Crippen LogP contribution >= 0.6 is 15.9 Å². The van der Waals surface area contributed by atoms with Crippen LogP contribution in [0.3, 0.4) is 0 Å². The van der Waals surface area contributed by atoms with Crippen molar-refractivity contribution in [2.75, 3.05) is 25.0 Å². The molecule has 0 atom stereocenters. The fourth-order valence-electron chi connectivity index (χ4n) is 1.79. The van der Waals surface area contributed by atoms with Crippen LogP contribution in [0.5, 0.6) is 0 Å². The average Bonchev–Trinajstić information content (AvgIpc) is 2.14. The lowest BCUT2D eigenvalue weighted by molar-refractivity contribution is 0.225. The summed E-state index contributed by atoms with van der Waals surface area (Å²) in [4.78, 5) is 2.62. The fourth-order valence-corrected chi connectivity index (χ4v) is 2.19. The standard InChI is InChI=1S/C10H20BrN/c11-7-3-1-4-8-12-9-5-2-6-10-12/h1-10H2. The molecule has 1 saturated heterocycles. The summed E-state index contributed by atoms with van der Waals surface area (Å²) in [5.41, 5.74) is 0. The van der Waals surface area contributed by atoms with Crippen molar-refractivity contribution in [3.8, 4) is 0 Å². The predicted octanol–water partition coefficient (Wildman–Crippen LogP) is 3.04. The summed E-state index contributed by atoms with van der Waals surface area (Å²) in [5.74, 6) is 0. The van der Waals surface area contributed by atoms with E-state index in [0.29, 0.717) is 0 Å². The molecule has 1 rings (SSSR count). The summed E-state index contributed by atoms with van der Waals surface area (Å²) in [6, 6.07) is 0. The number of hydrogen-bond donors (Lipinski definition) is 0. The maximum atomic E-state index is 3.46. The van der Waals surface area contributed by atoms with Gasteiger partial charge in [0.15, 0.2) is 0 Å². The first-order valence-electron chi connectivity index (χ1n) is 5.22. The van der Waals surface area contributed by atoms with Crippen molar-refractivity contribution < 1.29 is 0 Å². The summed E-state index contributed by atoms with van der Waals surface area (Å²) in [7, 11) is 0. The molecule has 12 heavy (non-hydrogen) atoms. The van der Waals surface area contributed by atoms with Crippen LogP contribution in [0.2, 0.25) is 0 Å². The minimum atomic E-state index is 1.17. The smallest absolute Gasteiger partial charge is 0.00313 e. The second-order valence-electron chi connectivity index (χ2n) is 3.65. The highest BCUT2D eigenvalue weighted by molar-refractivity contribution is 9.09. The predicted molar refractivity (Wildman–Crippen MR) is 57.9 cm³/mol. The van der Waals surface area contributed by atoms with Gasteiger partial charge in [0, 0.05) is 5.33 Å². The quantitative estimate of drug-likeness (QED) is 0.522. The molecule has 1 heterocycles. The molecular weight excluding hydrogens is 214 g/mol. The van der Waals surface area contributed by atoms with E-state index in [1.807, 2.05) is 0 Å². The van der Waals surface area contributed by atoms with Crippen LogP contribution in [0.25, 0.3) is 0 Å². The van der Waals surface area contributed by atoms with E-state index in [1.165, 1.54) is 63.5 Å². The van der Waals surface area contributed by atoms with Crippen LogP contribution < -0.4 is 0 Å². The number of nitrogens with zero attached hydrogens (tertiary/aromatic N) is 1. The second kappa shape index (κ2) is 6.90. The van der Waals surface area contributed by atoms with Crippen molar-refractivity contribution in [1.82, 2.24) is 4.90 Å². The zero-order valence-electron chi connectivity index (χ0n) is 7.90. The number of likely N-dealkylation sites (tertiary alicyclic amines) is 1. The van der Waals surface area contributed by atoms with E-state index in [2.05, 4.69) is 20.8 Å². The van der Waals surface area contributed by atoms with Gasteiger partial charge in [-0.2, -0.15) is 0 Å². The first-order valence-corrected chi connectivity index (χ1v) is 6.34. The maximum Gasteiger partial charge on any atom is 0.00313 e. The van der Waals surface area contributed by atoms with Crippen molar-refractivity contribution in [3.63, 3.8) is 0 Å². The number of alkyl halides is 1. The van der Waals surface area contributed by atoms with Gasteiger partial charge >= 0.3 is 0 Å². The highest BCUT2D eigenvalue weighted by atomic mass is 79.9. The van der Waals surface area contributed by atoms with E-state index in [0.717, 1.165) is 0 Å². The van der Waals surface area contributed by atoms with Crippen molar-refractivity contribution in [2.45, 2.75) is 38.5 Å². The summed E-state index contributed by atoms with van der Waals surface area (Å²) in [6.07, 6.45) is 8.44. The number of halogens is 1. The number of rotatable bonds is 5. The monoisotopic (exact) mass is 233 g/mol. The lowest BCUT2D eigenvalue weighted by Crippen LogP contribution is -2.30. The van der Waals surface area contributed by atoms with Gasteiger partial charge < -0.3 is 4.90 Å². The molecule has 0 amide bonds. The van der Waals surface area contributed by atoms with E-state index < -0.39 is 0 Å². The van der Waals surface area contributed by atoms with Crippen LogP contribution in [0.15, 0.2) is 0 Å². The molecule has 0 aromatic carbocycles. The molecule has 0 aliphatic carbocycles. The van der Waals surface area contributed by atoms with Gasteiger partial charge in [0.05, 0.1) is 0 Å². The van der Waals surface area contributed by atoms with Crippen LogP contribution in [0.4, 0.5) is 0 Å². The first kappa shape index (κ1) is 10.5. The molecular formula is C10H20BrN. The third-order valence-corrected chi connectivity index (χ3v) is 3.12. The molecule has 1 nitrogen and oxygen atoms in total. The van der Waals surface area contributed by atoms with Crippen LogP contribution in [0.1, 0.15) is 38.5 Å². The van der Waals surface area contributed by atoms with Gasteiger partial charge in [-0.15, -0.1) is 0 Å². The molecule has 0 aromatic heterocycles. The third kappa shape index (κ3) is 4.46. The summed E-state index contributed by atoms with van der Waals surface area (Å²) >= 11 is 3.46. The number of unbranched alkanes of at least 4 members (excludes halogenated alkanes) is 2. The Balaban J connectivity index is 1.91. The molecule has 2 heteroatoms. The fraction of sp³-hybridized carbons (Fsp3) is 1.00. The Morgan fingerprint density at radius 1 is 0.917 bits per heavy atom. The molecule has 0 unspecified atom stereocenters. The van der Waals surface area contributed by atoms with Crippen LogP contribution in [-0.4, -0.2) is 29.9 Å². The summed E-state index contributed by atoms with van der Waals surface area (Å²) in [6.45, 7) is 4.05. The van der Waals surface area contributed by atoms with E-state index in [9.17, 15) is 0 Å². The molecule has 0 aromatic rings. The van der Waals surface area contributed by atoms with Gasteiger partial charge in [0.2, 0.25) is 0 Å². The highest BCUT2D eigenvalue weighted by Gasteiger charge is 2.08. The second-order valence-corrected chi connectivity index (χ2v) is 4.44. The molecule has 1 aliphatic rings. The number of hydrogen-bond acceptors (Lipinski definition) is 1. The molecule has 0 radical (unpaired) electrons. The Bertz CT molecular complexity index is 100. The lowest BCUT2D eigenvalue weighted by atomic mass is 10.1.